The molecule has 0 aromatic heterocycles. The van der Waals surface area contributed by atoms with E-state index in [1.165, 1.54) is 64.2 Å². The number of ether oxygens (including phenoxy) is 1. The van der Waals surface area contributed by atoms with Gasteiger partial charge in [-0.05, 0) is 91.4 Å². The van der Waals surface area contributed by atoms with Crippen molar-refractivity contribution in [2.24, 2.45) is 17.8 Å². The second kappa shape index (κ2) is 9.95. The number of hydrogen-bond acceptors (Lipinski definition) is 3. The normalized spacial score (nSPS) is 39.3. The van der Waals surface area contributed by atoms with Crippen molar-refractivity contribution in [2.45, 2.75) is 102 Å². The lowest BCUT2D eigenvalue weighted by atomic mass is 9.68. The summed E-state index contributed by atoms with van der Waals surface area (Å²) in [6.07, 6.45) is 20.9. The van der Waals surface area contributed by atoms with E-state index in [2.05, 4.69) is 67.9 Å². The van der Waals surface area contributed by atoms with E-state index < -0.39 is 0 Å². The highest BCUT2D eigenvalue weighted by atomic mass is 16.5. The molecule has 4 nitrogen and oxygen atoms in total. The molecule has 176 valence electrons. The Morgan fingerprint density at radius 1 is 1.06 bits per heavy atom. The van der Waals surface area contributed by atoms with Gasteiger partial charge in [0.15, 0.2) is 6.04 Å². The van der Waals surface area contributed by atoms with Crippen LogP contribution in [0.1, 0.15) is 78.1 Å². The summed E-state index contributed by atoms with van der Waals surface area (Å²) in [5, 5.41) is 0. The van der Waals surface area contributed by atoms with Gasteiger partial charge in [0.05, 0.1) is 12.2 Å². The van der Waals surface area contributed by atoms with Crippen LogP contribution in [0.3, 0.4) is 0 Å². The van der Waals surface area contributed by atoms with E-state index in [9.17, 15) is 0 Å². The van der Waals surface area contributed by atoms with Crippen molar-refractivity contribution in [3.05, 3.63) is 12.3 Å². The first-order chi connectivity index (χ1) is 14.8. The van der Waals surface area contributed by atoms with Crippen molar-refractivity contribution >= 4 is 6.21 Å². The van der Waals surface area contributed by atoms with Gasteiger partial charge in [0.25, 0.3) is 0 Å². The van der Waals surface area contributed by atoms with Gasteiger partial charge in [-0.25, -0.2) is 4.58 Å². The lowest BCUT2D eigenvalue weighted by Gasteiger charge is -2.46. The molecule has 0 radical (unpaired) electrons. The molecule has 0 spiro atoms. The van der Waals surface area contributed by atoms with Crippen LogP contribution in [0.5, 0.6) is 0 Å². The monoisotopic (exact) mass is 430 g/mol. The first kappa shape index (κ1) is 23.3. The van der Waals surface area contributed by atoms with Crippen molar-refractivity contribution in [1.82, 2.24) is 9.80 Å². The molecule has 31 heavy (non-hydrogen) atoms. The molecule has 0 amide bonds. The Labute approximate surface area is 191 Å². The molecule has 2 heterocycles. The molecule has 0 N–H and O–H groups in total. The van der Waals surface area contributed by atoms with E-state index in [0.717, 1.165) is 37.1 Å². The van der Waals surface area contributed by atoms with Gasteiger partial charge in [-0.1, -0.05) is 6.08 Å². The molecule has 3 fully saturated rings. The largest absolute Gasteiger partial charge is 0.373 e. The van der Waals surface area contributed by atoms with Crippen LogP contribution in [0.2, 0.25) is 0 Å². The predicted octanol–water partition coefficient (Wildman–Crippen LogP) is 4.78. The van der Waals surface area contributed by atoms with E-state index in [0.29, 0.717) is 12.0 Å². The van der Waals surface area contributed by atoms with Crippen LogP contribution in [-0.4, -0.2) is 78.6 Å². The van der Waals surface area contributed by atoms with Crippen LogP contribution in [0.25, 0.3) is 0 Å². The van der Waals surface area contributed by atoms with Crippen LogP contribution in [0.4, 0.5) is 0 Å². The van der Waals surface area contributed by atoms with Crippen molar-refractivity contribution in [3.63, 3.8) is 0 Å². The molecule has 4 unspecified atom stereocenters. The fraction of sp³-hybridized carbons (Fsp3) is 0.889. The zero-order valence-corrected chi connectivity index (χ0v) is 20.9. The Kier molecular flexibility index (Phi) is 7.48. The molecule has 0 aromatic carbocycles. The highest BCUT2D eigenvalue weighted by molar-refractivity contribution is 5.51. The maximum Gasteiger partial charge on any atom is 0.154 e. The van der Waals surface area contributed by atoms with E-state index in [-0.39, 0.29) is 5.60 Å². The summed E-state index contributed by atoms with van der Waals surface area (Å²) < 4.78 is 9.02. The van der Waals surface area contributed by atoms with Gasteiger partial charge >= 0.3 is 0 Å². The third kappa shape index (κ3) is 5.38. The van der Waals surface area contributed by atoms with Gasteiger partial charge in [-0.2, -0.15) is 0 Å². The highest BCUT2D eigenvalue weighted by Gasteiger charge is 2.47. The lowest BCUT2D eigenvalue weighted by Crippen LogP contribution is -2.51. The van der Waals surface area contributed by atoms with Crippen molar-refractivity contribution in [3.8, 4) is 0 Å². The zero-order chi connectivity index (χ0) is 22.0. The average molecular weight is 431 g/mol. The van der Waals surface area contributed by atoms with Gasteiger partial charge in [0, 0.05) is 43.3 Å². The van der Waals surface area contributed by atoms with Crippen LogP contribution in [0, 0.1) is 17.8 Å². The molecule has 4 heteroatoms. The van der Waals surface area contributed by atoms with Crippen LogP contribution >= 0.6 is 0 Å². The Bertz CT molecular complexity index is 647. The van der Waals surface area contributed by atoms with Crippen LogP contribution in [-0.2, 0) is 4.74 Å². The van der Waals surface area contributed by atoms with E-state index in [1.54, 1.807) is 0 Å². The molecular weight excluding hydrogens is 382 g/mol. The van der Waals surface area contributed by atoms with Crippen molar-refractivity contribution < 1.29 is 9.31 Å². The summed E-state index contributed by atoms with van der Waals surface area (Å²) in [5.41, 5.74) is -0.0212. The smallest absolute Gasteiger partial charge is 0.154 e. The van der Waals surface area contributed by atoms with Gasteiger partial charge in [0.1, 0.15) is 13.3 Å². The predicted molar refractivity (Wildman–Crippen MR) is 130 cm³/mol. The molecular formula is C27H48N3O+. The van der Waals surface area contributed by atoms with Gasteiger partial charge in [-0.3, -0.25) is 0 Å². The third-order valence-corrected chi connectivity index (χ3v) is 9.21. The Morgan fingerprint density at radius 3 is 2.55 bits per heavy atom. The molecule has 4 rings (SSSR count). The minimum Gasteiger partial charge on any atom is -0.373 e. The summed E-state index contributed by atoms with van der Waals surface area (Å²) in [6, 6.07) is 2.16. The Morgan fingerprint density at radius 2 is 1.84 bits per heavy atom. The second-order valence-corrected chi connectivity index (χ2v) is 11.7. The van der Waals surface area contributed by atoms with Crippen LogP contribution in [0.15, 0.2) is 12.3 Å². The number of fused-ring (bicyclic) bond motifs is 1. The lowest BCUT2D eigenvalue weighted by molar-refractivity contribution is -0.550. The number of allylic oxidation sites excluding steroid dienone is 1. The van der Waals surface area contributed by atoms with E-state index in [1.807, 2.05) is 0 Å². The molecule has 0 bridgehead atoms. The first-order valence-corrected chi connectivity index (χ1v) is 13.1. The number of rotatable bonds is 4. The van der Waals surface area contributed by atoms with Gasteiger partial charge in [0.2, 0.25) is 0 Å². The third-order valence-electron chi connectivity index (χ3n) is 9.21. The molecule has 4 aliphatic rings. The Hall–Kier alpha value is -0.870. The van der Waals surface area contributed by atoms with E-state index in [4.69, 9.17) is 4.74 Å². The summed E-state index contributed by atoms with van der Waals surface area (Å²) in [6.45, 7) is 6.63. The minimum atomic E-state index is -0.0212. The van der Waals surface area contributed by atoms with Crippen molar-refractivity contribution in [1.29, 1.82) is 0 Å². The van der Waals surface area contributed by atoms with Crippen LogP contribution < -0.4 is 0 Å². The molecule has 2 aliphatic carbocycles. The fourth-order valence-electron chi connectivity index (χ4n) is 7.12. The molecule has 0 aromatic rings. The standard InChI is InChI=1S/C27H48N3O/c1-27(2)24-20-22(25-8-6-7-16-29(25)5)11-14-26(24)30(18-19-31-27)17-15-21-9-12-23(13-10-21)28(3)4/h15-17,21-26H,6-14,18-20H2,1-5H3/q+1/b17-15+. The minimum absolute atomic E-state index is 0.0212. The fourth-order valence-corrected chi connectivity index (χ4v) is 7.12. The van der Waals surface area contributed by atoms with Gasteiger partial charge in [-0.15, -0.1) is 0 Å². The molecule has 1 saturated heterocycles. The van der Waals surface area contributed by atoms with Gasteiger partial charge < -0.3 is 14.5 Å². The zero-order valence-electron chi connectivity index (χ0n) is 20.9. The summed E-state index contributed by atoms with van der Waals surface area (Å²) in [5.74, 6) is 2.20. The number of hydrogen-bond donors (Lipinski definition) is 0. The molecule has 4 atom stereocenters. The topological polar surface area (TPSA) is 18.7 Å². The summed E-state index contributed by atoms with van der Waals surface area (Å²) in [7, 11) is 6.78. The Balaban J connectivity index is 1.43. The maximum atomic E-state index is 6.48. The SMILES string of the molecule is CN(C)C1CCC(/C=C/N2CCOC(C)(C)C3CC(C4CCCC=[N+]4C)CCC32)CC1. The molecule has 2 saturated carbocycles. The quantitative estimate of drug-likeness (QED) is 0.598. The summed E-state index contributed by atoms with van der Waals surface area (Å²) >= 11 is 0. The summed E-state index contributed by atoms with van der Waals surface area (Å²) in [4.78, 5) is 5.10. The first-order valence-electron chi connectivity index (χ1n) is 13.1. The van der Waals surface area contributed by atoms with Crippen molar-refractivity contribution in [2.75, 3.05) is 34.3 Å². The highest BCUT2D eigenvalue weighted by Crippen LogP contribution is 2.44. The average Bonchev–Trinajstić information content (AvgIpc) is 2.88. The maximum absolute atomic E-state index is 6.48. The van der Waals surface area contributed by atoms with E-state index >= 15 is 0 Å². The second-order valence-electron chi connectivity index (χ2n) is 11.7. The number of nitrogens with zero attached hydrogens (tertiary/aromatic N) is 3. The molecule has 2 aliphatic heterocycles.